The Morgan fingerprint density at radius 1 is 1.23 bits per heavy atom. The third-order valence-corrected chi connectivity index (χ3v) is 6.23. The molecule has 0 aliphatic carbocycles. The van der Waals surface area contributed by atoms with Crippen molar-refractivity contribution in [2.24, 2.45) is 0 Å². The number of esters is 1. The highest BCUT2D eigenvalue weighted by Gasteiger charge is 2.17. The van der Waals surface area contributed by atoms with E-state index in [4.69, 9.17) is 9.15 Å². The van der Waals surface area contributed by atoms with Gasteiger partial charge in [-0.25, -0.2) is 9.78 Å². The van der Waals surface area contributed by atoms with Crippen LogP contribution in [0.1, 0.15) is 21.9 Å². The lowest BCUT2D eigenvalue weighted by Gasteiger charge is -2.08. The van der Waals surface area contributed by atoms with E-state index in [1.165, 1.54) is 30.2 Å². The van der Waals surface area contributed by atoms with E-state index in [1.807, 2.05) is 30.5 Å². The summed E-state index contributed by atoms with van der Waals surface area (Å²) >= 11 is 2.73. The number of carbonyl (C=O) groups excluding carboxylic acids is 1. The maximum Gasteiger partial charge on any atom is 0.373 e. The van der Waals surface area contributed by atoms with Crippen LogP contribution in [0.5, 0.6) is 5.75 Å². The number of aromatic nitrogens is 2. The molecule has 0 atom stereocenters. The number of hydrogen-bond donors (Lipinski definition) is 1. The van der Waals surface area contributed by atoms with Gasteiger partial charge in [0.15, 0.2) is 5.16 Å². The van der Waals surface area contributed by atoms with Crippen molar-refractivity contribution in [3.63, 3.8) is 0 Å². The Morgan fingerprint density at radius 3 is 2.83 bits per heavy atom. The minimum absolute atomic E-state index is 0.139. The van der Waals surface area contributed by atoms with Gasteiger partial charge in [0.25, 0.3) is 5.56 Å². The van der Waals surface area contributed by atoms with Gasteiger partial charge in [0.2, 0.25) is 5.76 Å². The Balaban J connectivity index is 1.63. The minimum atomic E-state index is -0.531. The van der Waals surface area contributed by atoms with Crippen LogP contribution in [-0.4, -0.2) is 30.2 Å². The number of H-pyrrole nitrogens is 1. The van der Waals surface area contributed by atoms with E-state index in [0.29, 0.717) is 32.6 Å². The summed E-state index contributed by atoms with van der Waals surface area (Å²) in [7, 11) is 2.91. The molecular formula is C21H18N2O5S2. The van der Waals surface area contributed by atoms with Crippen LogP contribution >= 0.6 is 23.1 Å². The van der Waals surface area contributed by atoms with Gasteiger partial charge >= 0.3 is 5.97 Å². The average Bonchev–Trinajstić information content (AvgIpc) is 3.39. The summed E-state index contributed by atoms with van der Waals surface area (Å²) in [5, 5.41) is 2.95. The molecule has 0 aliphatic heterocycles. The Morgan fingerprint density at radius 2 is 2.07 bits per heavy atom. The third-order valence-electron chi connectivity index (χ3n) is 4.47. The molecule has 0 bridgehead atoms. The molecule has 3 aromatic heterocycles. The molecule has 0 fully saturated rings. The number of ether oxygens (including phenoxy) is 2. The summed E-state index contributed by atoms with van der Waals surface area (Å²) in [6.07, 6.45) is 0. The van der Waals surface area contributed by atoms with Gasteiger partial charge in [0.1, 0.15) is 16.3 Å². The van der Waals surface area contributed by atoms with Gasteiger partial charge in [-0.05, 0) is 31.2 Å². The lowest BCUT2D eigenvalue weighted by atomic mass is 10.0. The van der Waals surface area contributed by atoms with Crippen molar-refractivity contribution in [2.45, 2.75) is 17.8 Å². The zero-order valence-corrected chi connectivity index (χ0v) is 18.1. The smallest absolute Gasteiger partial charge is 0.373 e. The van der Waals surface area contributed by atoms with E-state index in [2.05, 4.69) is 14.7 Å². The number of fused-ring (bicyclic) bond motifs is 1. The van der Waals surface area contributed by atoms with E-state index in [-0.39, 0.29) is 11.3 Å². The number of rotatable bonds is 6. The second-order valence-corrected chi connectivity index (χ2v) is 8.27. The summed E-state index contributed by atoms with van der Waals surface area (Å²) < 4.78 is 15.6. The van der Waals surface area contributed by atoms with Gasteiger partial charge in [0, 0.05) is 16.5 Å². The SMILES string of the molecule is COC(=O)c1ccc(CSc2nc3scc(-c4cc(C)ccc4OC)c3c(=O)[nH]2)o1. The number of carbonyl (C=O) groups is 1. The Labute approximate surface area is 180 Å². The van der Waals surface area contributed by atoms with E-state index in [1.54, 1.807) is 19.2 Å². The van der Waals surface area contributed by atoms with Gasteiger partial charge in [0.05, 0.1) is 25.4 Å². The van der Waals surface area contributed by atoms with Crippen LogP contribution in [0.4, 0.5) is 0 Å². The second-order valence-electron chi connectivity index (χ2n) is 6.45. The molecule has 4 aromatic rings. The summed E-state index contributed by atoms with van der Waals surface area (Å²) in [6, 6.07) is 9.11. The van der Waals surface area contributed by atoms with Crippen LogP contribution in [0, 0.1) is 6.92 Å². The van der Waals surface area contributed by atoms with Gasteiger partial charge in [-0.2, -0.15) is 0 Å². The molecule has 1 N–H and O–H groups in total. The first-order chi connectivity index (χ1) is 14.5. The topological polar surface area (TPSA) is 94.4 Å². The zero-order valence-electron chi connectivity index (χ0n) is 16.5. The van der Waals surface area contributed by atoms with Crippen LogP contribution in [0.3, 0.4) is 0 Å². The third kappa shape index (κ3) is 3.86. The predicted molar refractivity (Wildman–Crippen MR) is 117 cm³/mol. The number of thiophene rings is 1. The van der Waals surface area contributed by atoms with Crippen molar-refractivity contribution < 1.29 is 18.7 Å². The van der Waals surface area contributed by atoms with E-state index in [0.717, 1.165) is 16.7 Å². The summed E-state index contributed by atoms with van der Waals surface area (Å²) in [5.74, 6) is 1.31. The van der Waals surface area contributed by atoms with Gasteiger partial charge < -0.3 is 18.9 Å². The molecule has 7 nitrogen and oxygen atoms in total. The van der Waals surface area contributed by atoms with Crippen molar-refractivity contribution in [3.05, 3.63) is 63.1 Å². The van der Waals surface area contributed by atoms with E-state index in [9.17, 15) is 9.59 Å². The first-order valence-corrected chi connectivity index (χ1v) is 10.8. The fourth-order valence-electron chi connectivity index (χ4n) is 3.03. The summed E-state index contributed by atoms with van der Waals surface area (Å²) in [5.41, 5.74) is 2.53. The number of benzene rings is 1. The first-order valence-electron chi connectivity index (χ1n) is 8.96. The molecule has 3 heterocycles. The molecule has 0 spiro atoms. The maximum atomic E-state index is 12.9. The number of aromatic amines is 1. The van der Waals surface area contributed by atoms with Crippen molar-refractivity contribution in [1.82, 2.24) is 9.97 Å². The normalized spacial score (nSPS) is 11.0. The van der Waals surface area contributed by atoms with Crippen LogP contribution in [0.25, 0.3) is 21.3 Å². The van der Waals surface area contributed by atoms with E-state index >= 15 is 0 Å². The second kappa shape index (κ2) is 8.37. The molecule has 1 aromatic carbocycles. The van der Waals surface area contributed by atoms with Crippen molar-refractivity contribution in [3.8, 4) is 16.9 Å². The van der Waals surface area contributed by atoms with Gasteiger partial charge in [-0.1, -0.05) is 23.4 Å². The number of aryl methyl sites for hydroxylation is 1. The first kappa shape index (κ1) is 20.2. The lowest BCUT2D eigenvalue weighted by Crippen LogP contribution is -2.08. The minimum Gasteiger partial charge on any atom is -0.496 e. The monoisotopic (exact) mass is 442 g/mol. The number of furan rings is 1. The van der Waals surface area contributed by atoms with Crippen LogP contribution < -0.4 is 10.3 Å². The van der Waals surface area contributed by atoms with Crippen molar-refractivity contribution in [2.75, 3.05) is 14.2 Å². The molecule has 4 rings (SSSR count). The molecule has 154 valence electrons. The maximum absolute atomic E-state index is 12.9. The molecule has 9 heteroatoms. The largest absolute Gasteiger partial charge is 0.496 e. The van der Waals surface area contributed by atoms with Gasteiger partial charge in [-0.3, -0.25) is 4.79 Å². The Bertz CT molecular complexity index is 1290. The number of methoxy groups -OCH3 is 2. The fourth-order valence-corrected chi connectivity index (χ4v) is 4.78. The highest BCUT2D eigenvalue weighted by Crippen LogP contribution is 2.37. The number of nitrogens with zero attached hydrogens (tertiary/aromatic N) is 1. The Hall–Kier alpha value is -3.04. The fraction of sp³-hybridized carbons (Fsp3) is 0.190. The highest BCUT2D eigenvalue weighted by molar-refractivity contribution is 7.98. The van der Waals surface area contributed by atoms with Crippen molar-refractivity contribution in [1.29, 1.82) is 0 Å². The van der Waals surface area contributed by atoms with Crippen LogP contribution in [0.2, 0.25) is 0 Å². The molecule has 0 saturated heterocycles. The quantitative estimate of drug-likeness (QED) is 0.264. The predicted octanol–water partition coefficient (Wildman–Crippen LogP) is 4.64. The molecule has 30 heavy (non-hydrogen) atoms. The molecule has 0 saturated carbocycles. The number of thioether (sulfide) groups is 1. The molecule has 0 aliphatic rings. The molecular weight excluding hydrogens is 424 g/mol. The standard InChI is InChI=1S/C21H18N2O5S2/c1-11-4-6-15(26-2)13(8-11)14-10-29-19-17(14)18(24)22-21(23-19)30-9-12-5-7-16(28-12)20(25)27-3/h4-8,10H,9H2,1-3H3,(H,22,23,24). The highest BCUT2D eigenvalue weighted by atomic mass is 32.2. The summed E-state index contributed by atoms with van der Waals surface area (Å²) in [4.78, 5) is 32.4. The van der Waals surface area contributed by atoms with Crippen molar-refractivity contribution >= 4 is 39.3 Å². The Kier molecular flexibility index (Phi) is 5.65. The van der Waals surface area contributed by atoms with Gasteiger partial charge in [-0.15, -0.1) is 11.3 Å². The average molecular weight is 443 g/mol. The number of nitrogens with one attached hydrogen (secondary N) is 1. The number of hydrogen-bond acceptors (Lipinski definition) is 8. The van der Waals surface area contributed by atoms with Crippen LogP contribution in [-0.2, 0) is 10.5 Å². The van der Waals surface area contributed by atoms with E-state index < -0.39 is 5.97 Å². The molecule has 0 radical (unpaired) electrons. The lowest BCUT2D eigenvalue weighted by molar-refractivity contribution is 0.0563. The van der Waals surface area contributed by atoms with Crippen LogP contribution in [0.15, 0.2) is 50.1 Å². The summed E-state index contributed by atoms with van der Waals surface area (Å²) in [6.45, 7) is 2.00. The molecule has 0 unspecified atom stereocenters. The molecule has 0 amide bonds. The zero-order chi connectivity index (χ0) is 21.3.